The fourth-order valence-corrected chi connectivity index (χ4v) is 4.48. The number of halogens is 1. The molecule has 1 N–H and O–H groups in total. The number of nitrogens with one attached hydrogen (secondary N) is 1. The molecule has 0 bridgehead atoms. The van der Waals surface area contributed by atoms with Crippen molar-refractivity contribution in [2.45, 2.75) is 51.5 Å². The summed E-state index contributed by atoms with van der Waals surface area (Å²) < 4.78 is 1.28. The minimum atomic E-state index is 0.543. The minimum Gasteiger partial charge on any atom is -0.310 e. The van der Waals surface area contributed by atoms with Crippen molar-refractivity contribution in [3.63, 3.8) is 0 Å². The Morgan fingerprint density at radius 3 is 2.76 bits per heavy atom. The van der Waals surface area contributed by atoms with Gasteiger partial charge in [0, 0.05) is 15.9 Å². The molecule has 2 rings (SSSR count). The molecule has 1 unspecified atom stereocenters. The molecule has 0 saturated heterocycles. The standard InChI is InChI=1S/C14H22BrNS/c1-2-16-14(12-9-17-10-13(12)15)8-7-11-5-3-4-6-11/h9-11,14,16H,2-8H2,1H3. The predicted molar refractivity (Wildman–Crippen MR) is 79.6 cm³/mol. The van der Waals surface area contributed by atoms with Crippen molar-refractivity contribution in [3.8, 4) is 0 Å². The van der Waals surface area contributed by atoms with E-state index in [0.717, 1.165) is 12.5 Å². The second-order valence-electron chi connectivity index (χ2n) is 5.01. The molecule has 3 heteroatoms. The van der Waals surface area contributed by atoms with Crippen LogP contribution in [0.3, 0.4) is 0 Å². The molecule has 1 heterocycles. The van der Waals surface area contributed by atoms with Crippen molar-refractivity contribution in [2.24, 2.45) is 5.92 Å². The molecule has 1 aliphatic carbocycles. The summed E-state index contributed by atoms with van der Waals surface area (Å²) in [5, 5.41) is 8.10. The lowest BCUT2D eigenvalue weighted by Crippen LogP contribution is -2.21. The van der Waals surface area contributed by atoms with E-state index in [1.54, 1.807) is 11.3 Å². The van der Waals surface area contributed by atoms with Crippen molar-refractivity contribution < 1.29 is 0 Å². The van der Waals surface area contributed by atoms with E-state index in [4.69, 9.17) is 0 Å². The van der Waals surface area contributed by atoms with Crippen molar-refractivity contribution in [1.29, 1.82) is 0 Å². The van der Waals surface area contributed by atoms with Gasteiger partial charge in [-0.05, 0) is 52.2 Å². The summed E-state index contributed by atoms with van der Waals surface area (Å²) in [7, 11) is 0. The van der Waals surface area contributed by atoms with Crippen LogP contribution in [0.15, 0.2) is 15.2 Å². The van der Waals surface area contributed by atoms with Crippen LogP contribution in [0.25, 0.3) is 0 Å². The zero-order valence-corrected chi connectivity index (χ0v) is 12.9. The van der Waals surface area contributed by atoms with E-state index in [1.165, 1.54) is 48.6 Å². The average molecular weight is 316 g/mol. The Labute approximate surface area is 117 Å². The number of hydrogen-bond acceptors (Lipinski definition) is 2. The van der Waals surface area contributed by atoms with Crippen LogP contribution in [0.4, 0.5) is 0 Å². The molecule has 1 atom stereocenters. The third kappa shape index (κ3) is 3.80. The summed E-state index contributed by atoms with van der Waals surface area (Å²) in [6.45, 7) is 3.25. The van der Waals surface area contributed by atoms with Gasteiger partial charge in [0.1, 0.15) is 0 Å². The topological polar surface area (TPSA) is 12.0 Å². The van der Waals surface area contributed by atoms with Crippen LogP contribution in [0.2, 0.25) is 0 Å². The highest BCUT2D eigenvalue weighted by atomic mass is 79.9. The Morgan fingerprint density at radius 1 is 1.41 bits per heavy atom. The maximum atomic E-state index is 3.66. The quantitative estimate of drug-likeness (QED) is 0.767. The first kappa shape index (κ1) is 13.6. The van der Waals surface area contributed by atoms with E-state index < -0.39 is 0 Å². The summed E-state index contributed by atoms with van der Waals surface area (Å²) >= 11 is 5.45. The molecule has 0 amide bonds. The molecule has 1 aliphatic rings. The average Bonchev–Trinajstić information content (AvgIpc) is 2.95. The number of thiophene rings is 1. The van der Waals surface area contributed by atoms with Crippen molar-refractivity contribution in [1.82, 2.24) is 5.32 Å². The third-order valence-corrected chi connectivity index (χ3v) is 5.56. The normalized spacial score (nSPS) is 18.7. The van der Waals surface area contributed by atoms with Gasteiger partial charge in [0.25, 0.3) is 0 Å². The Balaban J connectivity index is 1.90. The van der Waals surface area contributed by atoms with E-state index in [0.29, 0.717) is 6.04 Å². The van der Waals surface area contributed by atoms with Crippen LogP contribution >= 0.6 is 27.3 Å². The molecular formula is C14H22BrNS. The molecule has 0 aliphatic heterocycles. The lowest BCUT2D eigenvalue weighted by Gasteiger charge is -2.19. The molecule has 96 valence electrons. The van der Waals surface area contributed by atoms with Gasteiger partial charge >= 0.3 is 0 Å². The van der Waals surface area contributed by atoms with E-state index in [9.17, 15) is 0 Å². The maximum Gasteiger partial charge on any atom is 0.0339 e. The van der Waals surface area contributed by atoms with Crippen LogP contribution in [-0.4, -0.2) is 6.54 Å². The van der Waals surface area contributed by atoms with Gasteiger partial charge in [-0.1, -0.05) is 32.6 Å². The first-order valence-electron chi connectivity index (χ1n) is 6.76. The lowest BCUT2D eigenvalue weighted by molar-refractivity contribution is 0.416. The first-order chi connectivity index (χ1) is 8.31. The molecular weight excluding hydrogens is 294 g/mol. The molecule has 17 heavy (non-hydrogen) atoms. The molecule has 1 aromatic rings. The summed E-state index contributed by atoms with van der Waals surface area (Å²) in [4.78, 5) is 0. The predicted octanol–water partition coefficient (Wildman–Crippen LogP) is 5.13. The fraction of sp³-hybridized carbons (Fsp3) is 0.714. The van der Waals surface area contributed by atoms with Crippen LogP contribution in [0.5, 0.6) is 0 Å². The highest BCUT2D eigenvalue weighted by molar-refractivity contribution is 9.10. The summed E-state index contributed by atoms with van der Waals surface area (Å²) in [5.74, 6) is 0.994. The molecule has 0 spiro atoms. The zero-order valence-electron chi connectivity index (χ0n) is 10.5. The van der Waals surface area contributed by atoms with Gasteiger partial charge in [-0.25, -0.2) is 0 Å². The Hall–Kier alpha value is 0.140. The molecule has 0 aromatic carbocycles. The van der Waals surface area contributed by atoms with Crippen LogP contribution in [0, 0.1) is 5.92 Å². The van der Waals surface area contributed by atoms with Crippen molar-refractivity contribution in [3.05, 3.63) is 20.8 Å². The highest BCUT2D eigenvalue weighted by Gasteiger charge is 2.19. The Morgan fingerprint density at radius 2 is 2.18 bits per heavy atom. The second kappa shape index (κ2) is 6.91. The molecule has 1 aromatic heterocycles. The number of rotatable bonds is 6. The van der Waals surface area contributed by atoms with E-state index in [-0.39, 0.29) is 0 Å². The van der Waals surface area contributed by atoms with E-state index in [1.807, 2.05) is 0 Å². The first-order valence-corrected chi connectivity index (χ1v) is 8.49. The fourth-order valence-electron chi connectivity index (χ4n) is 2.86. The van der Waals surface area contributed by atoms with Gasteiger partial charge in [0.2, 0.25) is 0 Å². The van der Waals surface area contributed by atoms with Crippen LogP contribution < -0.4 is 5.32 Å². The Bertz CT molecular complexity index is 331. The lowest BCUT2D eigenvalue weighted by atomic mass is 9.96. The summed E-state index contributed by atoms with van der Waals surface area (Å²) in [6, 6.07) is 0.543. The van der Waals surface area contributed by atoms with E-state index in [2.05, 4.69) is 38.9 Å². The van der Waals surface area contributed by atoms with Crippen LogP contribution in [0.1, 0.15) is 57.1 Å². The zero-order chi connectivity index (χ0) is 12.1. The van der Waals surface area contributed by atoms with E-state index >= 15 is 0 Å². The van der Waals surface area contributed by atoms with Crippen molar-refractivity contribution in [2.75, 3.05) is 6.54 Å². The van der Waals surface area contributed by atoms with Gasteiger partial charge in [-0.15, -0.1) is 0 Å². The van der Waals surface area contributed by atoms with Crippen LogP contribution in [-0.2, 0) is 0 Å². The highest BCUT2D eigenvalue weighted by Crippen LogP contribution is 2.34. The minimum absolute atomic E-state index is 0.543. The largest absolute Gasteiger partial charge is 0.310 e. The van der Waals surface area contributed by atoms with Gasteiger partial charge in [0.05, 0.1) is 0 Å². The van der Waals surface area contributed by atoms with Gasteiger partial charge in [-0.3, -0.25) is 0 Å². The smallest absolute Gasteiger partial charge is 0.0339 e. The summed E-state index contributed by atoms with van der Waals surface area (Å²) in [6.07, 6.45) is 8.51. The monoisotopic (exact) mass is 315 g/mol. The Kier molecular flexibility index (Phi) is 5.51. The maximum absolute atomic E-state index is 3.66. The van der Waals surface area contributed by atoms with Gasteiger partial charge in [0.15, 0.2) is 0 Å². The summed E-state index contributed by atoms with van der Waals surface area (Å²) in [5.41, 5.74) is 1.45. The van der Waals surface area contributed by atoms with Gasteiger partial charge in [-0.2, -0.15) is 11.3 Å². The number of hydrogen-bond donors (Lipinski definition) is 1. The SMILES string of the molecule is CCNC(CCC1CCCC1)c1cscc1Br. The molecule has 1 nitrogen and oxygen atoms in total. The molecule has 1 fully saturated rings. The second-order valence-corrected chi connectivity index (χ2v) is 6.61. The van der Waals surface area contributed by atoms with Gasteiger partial charge < -0.3 is 5.32 Å². The molecule has 0 radical (unpaired) electrons. The third-order valence-electron chi connectivity index (χ3n) is 3.81. The molecule has 1 saturated carbocycles. The van der Waals surface area contributed by atoms with Crippen molar-refractivity contribution >= 4 is 27.3 Å².